The van der Waals surface area contributed by atoms with Crippen LogP contribution in [0.5, 0.6) is 0 Å². The van der Waals surface area contributed by atoms with Gasteiger partial charge in [0.25, 0.3) is 0 Å². The summed E-state index contributed by atoms with van der Waals surface area (Å²) < 4.78 is 1.02. The molecule has 4 heteroatoms. The Balaban J connectivity index is 2.31. The van der Waals surface area contributed by atoms with Gasteiger partial charge in [-0.05, 0) is 39.9 Å². The quantitative estimate of drug-likeness (QED) is 0.803. The Morgan fingerprint density at radius 2 is 2.10 bits per heavy atom. The molecule has 1 N–H and O–H groups in total. The molecule has 118 valence electrons. The summed E-state index contributed by atoms with van der Waals surface area (Å²) in [6.45, 7) is 11.3. The SMILES string of the molecule is CCC(C)C1CN(c2cccc(Cl)c2Br)C(C(C)C)CN1. The van der Waals surface area contributed by atoms with Crippen LogP contribution in [0, 0.1) is 11.8 Å². The smallest absolute Gasteiger partial charge is 0.0595 e. The molecule has 1 saturated heterocycles. The van der Waals surface area contributed by atoms with Crippen molar-refractivity contribution in [3.63, 3.8) is 0 Å². The average molecular weight is 374 g/mol. The van der Waals surface area contributed by atoms with Crippen molar-refractivity contribution in [2.24, 2.45) is 11.8 Å². The molecular weight excluding hydrogens is 348 g/mol. The first kappa shape index (κ1) is 17.1. The Kier molecular flexibility index (Phi) is 5.98. The predicted molar refractivity (Wildman–Crippen MR) is 96.4 cm³/mol. The van der Waals surface area contributed by atoms with Crippen molar-refractivity contribution in [2.75, 3.05) is 18.0 Å². The van der Waals surface area contributed by atoms with Crippen molar-refractivity contribution in [1.29, 1.82) is 0 Å². The van der Waals surface area contributed by atoms with Gasteiger partial charge in [-0.15, -0.1) is 0 Å². The van der Waals surface area contributed by atoms with E-state index in [2.05, 4.69) is 59.9 Å². The van der Waals surface area contributed by atoms with Crippen molar-refractivity contribution < 1.29 is 0 Å². The second-order valence-electron chi connectivity index (χ2n) is 6.44. The molecule has 1 heterocycles. The molecule has 0 aliphatic carbocycles. The van der Waals surface area contributed by atoms with Crippen molar-refractivity contribution in [3.05, 3.63) is 27.7 Å². The van der Waals surface area contributed by atoms with Gasteiger partial charge >= 0.3 is 0 Å². The second kappa shape index (κ2) is 7.34. The molecule has 0 spiro atoms. The molecule has 21 heavy (non-hydrogen) atoms. The summed E-state index contributed by atoms with van der Waals surface area (Å²) in [4.78, 5) is 2.54. The maximum atomic E-state index is 6.30. The summed E-state index contributed by atoms with van der Waals surface area (Å²) in [6, 6.07) is 7.19. The predicted octanol–water partition coefficient (Wildman–Crippen LogP) is 4.95. The van der Waals surface area contributed by atoms with E-state index in [1.165, 1.54) is 12.1 Å². The van der Waals surface area contributed by atoms with Gasteiger partial charge in [-0.2, -0.15) is 0 Å². The van der Waals surface area contributed by atoms with E-state index < -0.39 is 0 Å². The van der Waals surface area contributed by atoms with Crippen LogP contribution in [0.3, 0.4) is 0 Å². The number of benzene rings is 1. The van der Waals surface area contributed by atoms with E-state index in [4.69, 9.17) is 11.6 Å². The minimum absolute atomic E-state index is 0.500. The van der Waals surface area contributed by atoms with Crippen LogP contribution in [0.25, 0.3) is 0 Å². The van der Waals surface area contributed by atoms with E-state index in [-0.39, 0.29) is 0 Å². The number of hydrogen-bond acceptors (Lipinski definition) is 2. The van der Waals surface area contributed by atoms with E-state index >= 15 is 0 Å². The molecule has 2 rings (SSSR count). The Hall–Kier alpha value is -0.250. The number of nitrogens with one attached hydrogen (secondary N) is 1. The van der Waals surface area contributed by atoms with Gasteiger partial charge in [0.1, 0.15) is 0 Å². The molecule has 0 bridgehead atoms. The summed E-state index contributed by atoms with van der Waals surface area (Å²) >= 11 is 9.97. The zero-order valence-corrected chi connectivity index (χ0v) is 15.7. The maximum absolute atomic E-state index is 6.30. The third-order valence-corrected chi connectivity index (χ3v) is 6.10. The van der Waals surface area contributed by atoms with E-state index in [1.54, 1.807) is 0 Å². The van der Waals surface area contributed by atoms with Crippen LogP contribution in [-0.4, -0.2) is 25.2 Å². The monoisotopic (exact) mass is 372 g/mol. The van der Waals surface area contributed by atoms with Crippen LogP contribution in [0.15, 0.2) is 22.7 Å². The molecule has 3 atom stereocenters. The second-order valence-corrected chi connectivity index (χ2v) is 7.64. The van der Waals surface area contributed by atoms with Crippen LogP contribution in [0.4, 0.5) is 5.69 Å². The topological polar surface area (TPSA) is 15.3 Å². The van der Waals surface area contributed by atoms with Crippen LogP contribution >= 0.6 is 27.5 Å². The Morgan fingerprint density at radius 1 is 1.38 bits per heavy atom. The van der Waals surface area contributed by atoms with Gasteiger partial charge in [0.05, 0.1) is 15.2 Å². The lowest BCUT2D eigenvalue weighted by atomic mass is 9.91. The van der Waals surface area contributed by atoms with Crippen molar-refractivity contribution in [3.8, 4) is 0 Å². The summed E-state index contributed by atoms with van der Waals surface area (Å²) in [5.74, 6) is 1.28. The number of piperazine rings is 1. The fourth-order valence-electron chi connectivity index (χ4n) is 3.05. The van der Waals surface area contributed by atoms with Gasteiger partial charge in [-0.3, -0.25) is 0 Å². The highest BCUT2D eigenvalue weighted by molar-refractivity contribution is 9.10. The van der Waals surface area contributed by atoms with Crippen LogP contribution in [0.1, 0.15) is 34.1 Å². The Bertz CT molecular complexity index is 478. The molecule has 1 aromatic carbocycles. The lowest BCUT2D eigenvalue weighted by Gasteiger charge is -2.46. The van der Waals surface area contributed by atoms with Crippen molar-refractivity contribution in [1.82, 2.24) is 5.32 Å². The highest BCUT2D eigenvalue weighted by Gasteiger charge is 2.32. The van der Waals surface area contributed by atoms with E-state index in [0.717, 1.165) is 22.6 Å². The van der Waals surface area contributed by atoms with Gasteiger partial charge < -0.3 is 10.2 Å². The third kappa shape index (κ3) is 3.75. The zero-order chi connectivity index (χ0) is 15.6. The van der Waals surface area contributed by atoms with Crippen LogP contribution in [0.2, 0.25) is 5.02 Å². The lowest BCUT2D eigenvalue weighted by Crippen LogP contribution is -2.60. The molecule has 1 aromatic rings. The molecule has 1 aliphatic heterocycles. The Morgan fingerprint density at radius 3 is 2.71 bits per heavy atom. The molecule has 1 aliphatic rings. The van der Waals surface area contributed by atoms with Gasteiger partial charge in [-0.1, -0.05) is 51.8 Å². The summed E-state index contributed by atoms with van der Waals surface area (Å²) in [6.07, 6.45) is 1.20. The fraction of sp³-hybridized carbons (Fsp3) is 0.647. The molecular formula is C17H26BrClN2. The minimum atomic E-state index is 0.500. The number of nitrogens with zero attached hydrogens (tertiary/aromatic N) is 1. The molecule has 2 nitrogen and oxygen atoms in total. The summed E-state index contributed by atoms with van der Waals surface area (Å²) in [5, 5.41) is 4.53. The normalized spacial score (nSPS) is 24.4. The first-order chi connectivity index (χ1) is 9.95. The lowest BCUT2D eigenvalue weighted by molar-refractivity contribution is 0.281. The van der Waals surface area contributed by atoms with E-state index in [9.17, 15) is 0 Å². The van der Waals surface area contributed by atoms with Crippen molar-refractivity contribution >= 4 is 33.2 Å². The maximum Gasteiger partial charge on any atom is 0.0595 e. The number of hydrogen-bond donors (Lipinski definition) is 1. The van der Waals surface area contributed by atoms with E-state index in [1.807, 2.05) is 12.1 Å². The van der Waals surface area contributed by atoms with Crippen molar-refractivity contribution in [2.45, 2.75) is 46.2 Å². The Labute approximate surface area is 142 Å². The molecule has 0 aromatic heterocycles. The minimum Gasteiger partial charge on any atom is -0.364 e. The first-order valence-electron chi connectivity index (χ1n) is 7.89. The molecule has 0 amide bonds. The first-order valence-corrected chi connectivity index (χ1v) is 9.06. The highest BCUT2D eigenvalue weighted by Crippen LogP contribution is 2.36. The van der Waals surface area contributed by atoms with Crippen LogP contribution < -0.4 is 10.2 Å². The standard InChI is InChI=1S/C17H26BrClN2/c1-5-12(4)14-10-21(16(9-20-14)11(2)3)15-8-6-7-13(19)17(15)18/h6-8,11-12,14,16,20H,5,9-10H2,1-4H3. The molecule has 1 fully saturated rings. The van der Waals surface area contributed by atoms with Gasteiger partial charge in [0.15, 0.2) is 0 Å². The van der Waals surface area contributed by atoms with Gasteiger partial charge in [0, 0.05) is 25.2 Å². The molecule has 0 radical (unpaired) electrons. The van der Waals surface area contributed by atoms with Crippen LogP contribution in [-0.2, 0) is 0 Å². The summed E-state index contributed by atoms with van der Waals surface area (Å²) in [5.41, 5.74) is 1.22. The fourth-order valence-corrected chi connectivity index (χ4v) is 3.71. The largest absolute Gasteiger partial charge is 0.364 e. The zero-order valence-electron chi connectivity index (χ0n) is 13.4. The molecule has 3 unspecified atom stereocenters. The number of halogens is 2. The number of anilines is 1. The molecule has 0 saturated carbocycles. The third-order valence-electron chi connectivity index (χ3n) is 4.72. The highest BCUT2D eigenvalue weighted by atomic mass is 79.9. The van der Waals surface area contributed by atoms with Gasteiger partial charge in [-0.25, -0.2) is 0 Å². The average Bonchev–Trinajstić information content (AvgIpc) is 2.48. The summed E-state index contributed by atoms with van der Waals surface area (Å²) in [7, 11) is 0. The van der Waals surface area contributed by atoms with E-state index in [0.29, 0.717) is 23.9 Å². The van der Waals surface area contributed by atoms with Gasteiger partial charge in [0.2, 0.25) is 0 Å². The number of rotatable bonds is 4.